The van der Waals surface area contributed by atoms with E-state index in [9.17, 15) is 9.59 Å². The first-order valence-electron chi connectivity index (χ1n) is 9.15. The fraction of sp³-hybridized carbons (Fsp3) is 0.526. The Morgan fingerprint density at radius 1 is 1.33 bits per heavy atom. The van der Waals surface area contributed by atoms with Crippen LogP contribution in [0.15, 0.2) is 16.9 Å². The molecule has 2 aromatic heterocycles. The number of rotatable bonds is 4. The van der Waals surface area contributed by atoms with Gasteiger partial charge >= 0.3 is 0 Å². The van der Waals surface area contributed by atoms with Crippen molar-refractivity contribution in [3.63, 3.8) is 0 Å². The van der Waals surface area contributed by atoms with Crippen LogP contribution in [-0.4, -0.2) is 40.9 Å². The van der Waals surface area contributed by atoms with Crippen molar-refractivity contribution >= 4 is 5.91 Å². The fourth-order valence-corrected chi connectivity index (χ4v) is 3.20. The minimum Gasteiger partial charge on any atom is -0.496 e. The molecule has 0 spiro atoms. The highest BCUT2D eigenvalue weighted by Gasteiger charge is 2.24. The Bertz CT molecular complexity index is 892. The number of aromatic amines is 1. The highest BCUT2D eigenvalue weighted by atomic mass is 16.5. The molecule has 0 bridgehead atoms. The van der Waals surface area contributed by atoms with Crippen molar-refractivity contribution in [2.24, 2.45) is 0 Å². The molecule has 1 aliphatic rings. The van der Waals surface area contributed by atoms with Crippen LogP contribution in [0, 0.1) is 0 Å². The van der Waals surface area contributed by atoms with Crippen LogP contribution in [0.4, 0.5) is 0 Å². The SMILES string of the molecule is COc1cc(=O)n2c(c1C(=O)NCc1cc(C(C)(C)C)n[nH]1)CCNCC2. The fourth-order valence-electron chi connectivity index (χ4n) is 3.20. The van der Waals surface area contributed by atoms with Crippen LogP contribution in [0.25, 0.3) is 0 Å². The number of pyridine rings is 1. The Morgan fingerprint density at radius 3 is 2.78 bits per heavy atom. The molecular formula is C19H27N5O3. The van der Waals surface area contributed by atoms with Crippen LogP contribution in [0.5, 0.6) is 5.75 Å². The lowest BCUT2D eigenvalue weighted by Gasteiger charge is -2.17. The summed E-state index contributed by atoms with van der Waals surface area (Å²) in [4.78, 5) is 25.3. The van der Waals surface area contributed by atoms with E-state index < -0.39 is 0 Å². The summed E-state index contributed by atoms with van der Waals surface area (Å²) in [6, 6.07) is 3.34. The molecular weight excluding hydrogens is 346 g/mol. The smallest absolute Gasteiger partial charge is 0.257 e. The van der Waals surface area contributed by atoms with E-state index >= 15 is 0 Å². The van der Waals surface area contributed by atoms with Gasteiger partial charge in [-0.2, -0.15) is 5.10 Å². The Morgan fingerprint density at radius 2 is 2.11 bits per heavy atom. The van der Waals surface area contributed by atoms with Gasteiger partial charge in [-0.3, -0.25) is 14.7 Å². The van der Waals surface area contributed by atoms with E-state index in [1.807, 2.05) is 6.07 Å². The average Bonchev–Trinajstić information content (AvgIpc) is 2.97. The van der Waals surface area contributed by atoms with E-state index in [1.54, 1.807) is 4.57 Å². The van der Waals surface area contributed by atoms with E-state index in [1.165, 1.54) is 13.2 Å². The average molecular weight is 373 g/mol. The van der Waals surface area contributed by atoms with Gasteiger partial charge in [0.25, 0.3) is 11.5 Å². The zero-order chi connectivity index (χ0) is 19.6. The first-order chi connectivity index (χ1) is 12.8. The molecule has 0 radical (unpaired) electrons. The van der Waals surface area contributed by atoms with Gasteiger partial charge in [0.05, 0.1) is 25.0 Å². The molecule has 0 saturated heterocycles. The number of nitrogens with one attached hydrogen (secondary N) is 3. The number of ether oxygens (including phenoxy) is 1. The molecule has 0 atom stereocenters. The molecule has 0 aliphatic carbocycles. The number of hydrogen-bond donors (Lipinski definition) is 3. The third-order valence-electron chi connectivity index (χ3n) is 4.72. The quantitative estimate of drug-likeness (QED) is 0.741. The van der Waals surface area contributed by atoms with Gasteiger partial charge in [0.15, 0.2) is 0 Å². The van der Waals surface area contributed by atoms with Gasteiger partial charge in [-0.25, -0.2) is 0 Å². The second-order valence-electron chi connectivity index (χ2n) is 7.74. The van der Waals surface area contributed by atoms with Crippen molar-refractivity contribution in [3.8, 4) is 5.75 Å². The summed E-state index contributed by atoms with van der Waals surface area (Å²) in [7, 11) is 1.47. The number of methoxy groups -OCH3 is 1. The highest BCUT2D eigenvalue weighted by Crippen LogP contribution is 2.23. The summed E-state index contributed by atoms with van der Waals surface area (Å²) in [6.45, 7) is 8.52. The van der Waals surface area contributed by atoms with E-state index in [4.69, 9.17) is 4.74 Å². The summed E-state index contributed by atoms with van der Waals surface area (Å²) < 4.78 is 7.00. The standard InChI is InChI=1S/C19H27N5O3/c1-19(2,3)15-9-12(22-23-15)11-21-18(26)17-13-5-6-20-7-8-24(13)16(25)10-14(17)27-4/h9-10,20H,5-8,11H2,1-4H3,(H,21,26)(H,22,23). The minimum atomic E-state index is -0.260. The van der Waals surface area contributed by atoms with Gasteiger partial charge in [-0.15, -0.1) is 0 Å². The Labute approximate surface area is 158 Å². The summed E-state index contributed by atoms with van der Waals surface area (Å²) in [6.07, 6.45) is 0.591. The zero-order valence-electron chi connectivity index (χ0n) is 16.3. The number of H-pyrrole nitrogens is 1. The molecule has 1 aliphatic heterocycles. The molecule has 0 unspecified atom stereocenters. The van der Waals surface area contributed by atoms with Crippen LogP contribution >= 0.6 is 0 Å². The molecule has 1 amide bonds. The minimum absolute atomic E-state index is 0.0626. The Balaban J connectivity index is 1.86. The predicted molar refractivity (Wildman–Crippen MR) is 102 cm³/mol. The largest absolute Gasteiger partial charge is 0.496 e. The highest BCUT2D eigenvalue weighted by molar-refractivity contribution is 5.98. The molecule has 3 N–H and O–H groups in total. The number of aromatic nitrogens is 3. The molecule has 2 aromatic rings. The third kappa shape index (κ3) is 4.05. The van der Waals surface area contributed by atoms with Crippen LogP contribution in [-0.2, 0) is 24.9 Å². The van der Waals surface area contributed by atoms with Crippen molar-refractivity contribution in [3.05, 3.63) is 45.1 Å². The normalized spacial score (nSPS) is 14.4. The second kappa shape index (κ2) is 7.56. The van der Waals surface area contributed by atoms with E-state index in [0.717, 1.165) is 11.4 Å². The Hall–Kier alpha value is -2.61. The molecule has 0 saturated carbocycles. The van der Waals surface area contributed by atoms with Crippen molar-refractivity contribution in [1.82, 2.24) is 25.4 Å². The summed E-state index contributed by atoms with van der Waals surface area (Å²) in [5.41, 5.74) is 2.69. The van der Waals surface area contributed by atoms with Gasteiger partial charge in [0.2, 0.25) is 0 Å². The second-order valence-corrected chi connectivity index (χ2v) is 7.74. The molecule has 0 fully saturated rings. The molecule has 8 nitrogen and oxygen atoms in total. The number of amides is 1. The van der Waals surface area contributed by atoms with Crippen molar-refractivity contribution in [2.75, 3.05) is 20.2 Å². The number of nitrogens with zero attached hydrogens (tertiary/aromatic N) is 2. The number of carbonyl (C=O) groups excluding carboxylic acids is 1. The van der Waals surface area contributed by atoms with E-state index in [2.05, 4.69) is 41.6 Å². The first-order valence-corrected chi connectivity index (χ1v) is 9.15. The molecule has 3 rings (SSSR count). The lowest BCUT2D eigenvalue weighted by molar-refractivity contribution is 0.0945. The van der Waals surface area contributed by atoms with E-state index in [-0.39, 0.29) is 16.9 Å². The Kier molecular flexibility index (Phi) is 5.36. The van der Waals surface area contributed by atoms with Crippen LogP contribution in [0.2, 0.25) is 0 Å². The van der Waals surface area contributed by atoms with Crippen LogP contribution in [0.3, 0.4) is 0 Å². The number of hydrogen-bond acceptors (Lipinski definition) is 5. The first kappa shape index (κ1) is 19.2. The summed E-state index contributed by atoms with van der Waals surface area (Å²) >= 11 is 0. The summed E-state index contributed by atoms with van der Waals surface area (Å²) in [5.74, 6) is 0.0510. The van der Waals surface area contributed by atoms with Gasteiger partial charge in [0.1, 0.15) is 11.3 Å². The van der Waals surface area contributed by atoms with Crippen molar-refractivity contribution in [2.45, 2.75) is 45.7 Å². The lowest BCUT2D eigenvalue weighted by Crippen LogP contribution is -2.31. The summed E-state index contributed by atoms with van der Waals surface area (Å²) in [5, 5.41) is 13.5. The van der Waals surface area contributed by atoms with Gasteiger partial charge in [-0.05, 0) is 6.07 Å². The van der Waals surface area contributed by atoms with Crippen molar-refractivity contribution in [1.29, 1.82) is 0 Å². The zero-order valence-corrected chi connectivity index (χ0v) is 16.3. The van der Waals surface area contributed by atoms with Crippen molar-refractivity contribution < 1.29 is 9.53 Å². The molecule has 146 valence electrons. The third-order valence-corrected chi connectivity index (χ3v) is 4.72. The maximum absolute atomic E-state index is 12.9. The van der Waals surface area contributed by atoms with Crippen LogP contribution < -0.4 is 20.9 Å². The maximum Gasteiger partial charge on any atom is 0.257 e. The lowest BCUT2D eigenvalue weighted by atomic mass is 9.92. The number of carbonyl (C=O) groups is 1. The molecule has 27 heavy (non-hydrogen) atoms. The topological polar surface area (TPSA) is 101 Å². The maximum atomic E-state index is 12.9. The molecule has 0 aromatic carbocycles. The van der Waals surface area contributed by atoms with Gasteiger partial charge in [0, 0.05) is 43.2 Å². The van der Waals surface area contributed by atoms with E-state index in [0.29, 0.717) is 49.6 Å². The van der Waals surface area contributed by atoms with Crippen LogP contribution in [0.1, 0.15) is 48.2 Å². The van der Waals surface area contributed by atoms with Gasteiger partial charge in [-0.1, -0.05) is 20.8 Å². The van der Waals surface area contributed by atoms with Gasteiger partial charge < -0.3 is 19.9 Å². The predicted octanol–water partition coefficient (Wildman–Crippen LogP) is 0.953. The monoisotopic (exact) mass is 373 g/mol. The molecule has 8 heteroatoms. The number of fused-ring (bicyclic) bond motifs is 1. The molecule has 3 heterocycles.